The zero-order valence-corrected chi connectivity index (χ0v) is 13.6. The van der Waals surface area contributed by atoms with Crippen LogP contribution in [0, 0.1) is 6.92 Å². The molecule has 1 heterocycles. The van der Waals surface area contributed by atoms with E-state index in [1.165, 1.54) is 4.90 Å². The first-order valence-corrected chi connectivity index (χ1v) is 7.61. The molecule has 1 fully saturated rings. The van der Waals surface area contributed by atoms with Crippen LogP contribution in [0.3, 0.4) is 0 Å². The highest BCUT2D eigenvalue weighted by Crippen LogP contribution is 2.22. The maximum absolute atomic E-state index is 12.5. The van der Waals surface area contributed by atoms with Gasteiger partial charge in [0.2, 0.25) is 0 Å². The number of imide groups is 1. The Morgan fingerprint density at radius 3 is 2.58 bits per heavy atom. The Kier molecular flexibility index (Phi) is 4.33. The highest BCUT2D eigenvalue weighted by atomic mass is 16.5. The summed E-state index contributed by atoms with van der Waals surface area (Å²) >= 11 is 0. The van der Waals surface area contributed by atoms with E-state index in [4.69, 9.17) is 4.74 Å². The number of carbonyl (C=O) groups excluding carboxylic acids is 2. The summed E-state index contributed by atoms with van der Waals surface area (Å²) in [5.41, 5.74) is 2.97. The minimum atomic E-state index is -0.408. The molecule has 0 aromatic heterocycles. The van der Waals surface area contributed by atoms with Crippen LogP contribution in [0.1, 0.15) is 16.7 Å². The van der Waals surface area contributed by atoms with Gasteiger partial charge in [0, 0.05) is 0 Å². The lowest BCUT2D eigenvalue weighted by Gasteiger charge is -2.11. The van der Waals surface area contributed by atoms with Gasteiger partial charge in [-0.25, -0.2) is 4.79 Å². The SMILES string of the molecule is COc1cc(/C=C2/NC(=O)N(Cc3ccccc3)C2=O)ccc1C. The second-order valence-corrected chi connectivity index (χ2v) is 5.59. The van der Waals surface area contributed by atoms with Gasteiger partial charge in [-0.05, 0) is 35.8 Å². The molecule has 5 nitrogen and oxygen atoms in total. The Balaban J connectivity index is 1.83. The molecule has 1 aliphatic rings. The molecule has 0 aliphatic carbocycles. The molecule has 2 aromatic rings. The Bertz CT molecular complexity index is 813. The minimum Gasteiger partial charge on any atom is -0.496 e. The summed E-state index contributed by atoms with van der Waals surface area (Å²) in [6, 6.07) is 14.6. The predicted octanol–water partition coefficient (Wildman–Crippen LogP) is 3.10. The van der Waals surface area contributed by atoms with Crippen molar-refractivity contribution in [3.63, 3.8) is 0 Å². The van der Waals surface area contributed by atoms with E-state index in [1.54, 1.807) is 13.2 Å². The van der Waals surface area contributed by atoms with Crippen molar-refractivity contribution >= 4 is 18.0 Å². The van der Waals surface area contributed by atoms with E-state index in [1.807, 2.05) is 55.5 Å². The Morgan fingerprint density at radius 2 is 1.88 bits per heavy atom. The van der Waals surface area contributed by atoms with Crippen molar-refractivity contribution in [2.45, 2.75) is 13.5 Å². The Hall–Kier alpha value is -3.08. The number of hydrogen-bond acceptors (Lipinski definition) is 3. The summed E-state index contributed by atoms with van der Waals surface area (Å²) in [5.74, 6) is 0.408. The summed E-state index contributed by atoms with van der Waals surface area (Å²) in [6.07, 6.45) is 1.66. The highest BCUT2D eigenvalue weighted by Gasteiger charge is 2.33. The zero-order valence-electron chi connectivity index (χ0n) is 13.6. The van der Waals surface area contributed by atoms with Crippen molar-refractivity contribution in [1.29, 1.82) is 0 Å². The summed E-state index contributed by atoms with van der Waals surface area (Å²) in [6.45, 7) is 2.19. The molecule has 2 aromatic carbocycles. The van der Waals surface area contributed by atoms with Crippen molar-refractivity contribution < 1.29 is 14.3 Å². The summed E-state index contributed by atoms with van der Waals surface area (Å²) in [5, 5.41) is 2.63. The molecule has 1 saturated heterocycles. The molecule has 1 aliphatic heterocycles. The van der Waals surface area contributed by atoms with Crippen molar-refractivity contribution in [2.24, 2.45) is 0 Å². The molecule has 0 unspecified atom stereocenters. The van der Waals surface area contributed by atoms with Crippen LogP contribution in [0.25, 0.3) is 6.08 Å². The Labute approximate surface area is 140 Å². The first-order valence-electron chi connectivity index (χ1n) is 7.61. The second-order valence-electron chi connectivity index (χ2n) is 5.59. The van der Waals surface area contributed by atoms with Crippen molar-refractivity contribution in [2.75, 3.05) is 7.11 Å². The topological polar surface area (TPSA) is 58.6 Å². The third-order valence-electron chi connectivity index (χ3n) is 3.89. The molecule has 5 heteroatoms. The monoisotopic (exact) mass is 322 g/mol. The third kappa shape index (κ3) is 3.15. The lowest BCUT2D eigenvalue weighted by atomic mass is 10.1. The molecule has 0 saturated carbocycles. The average Bonchev–Trinajstić information content (AvgIpc) is 2.85. The fraction of sp³-hybridized carbons (Fsp3) is 0.158. The highest BCUT2D eigenvalue weighted by molar-refractivity contribution is 6.13. The number of urea groups is 1. The molecular weight excluding hydrogens is 304 g/mol. The van der Waals surface area contributed by atoms with Crippen LogP contribution < -0.4 is 10.1 Å². The van der Waals surface area contributed by atoms with Crippen molar-refractivity contribution in [3.05, 3.63) is 70.9 Å². The van der Waals surface area contributed by atoms with Gasteiger partial charge >= 0.3 is 6.03 Å². The molecule has 0 radical (unpaired) electrons. The van der Waals surface area contributed by atoms with Crippen LogP contribution in [0.5, 0.6) is 5.75 Å². The number of benzene rings is 2. The van der Waals surface area contributed by atoms with Crippen LogP contribution in [0.4, 0.5) is 4.79 Å². The normalized spacial score (nSPS) is 15.8. The predicted molar refractivity (Wildman–Crippen MR) is 91.2 cm³/mol. The van der Waals surface area contributed by atoms with Crippen LogP contribution in [-0.4, -0.2) is 23.9 Å². The van der Waals surface area contributed by atoms with E-state index >= 15 is 0 Å². The van der Waals surface area contributed by atoms with Crippen LogP contribution in [0.2, 0.25) is 0 Å². The van der Waals surface area contributed by atoms with E-state index in [0.29, 0.717) is 0 Å². The maximum Gasteiger partial charge on any atom is 0.329 e. The number of hydrogen-bond donors (Lipinski definition) is 1. The smallest absolute Gasteiger partial charge is 0.329 e. The second kappa shape index (κ2) is 6.58. The average molecular weight is 322 g/mol. The number of rotatable bonds is 4. The first kappa shape index (κ1) is 15.8. The molecule has 1 N–H and O–H groups in total. The number of ether oxygens (including phenoxy) is 1. The summed E-state index contributed by atoms with van der Waals surface area (Å²) < 4.78 is 5.29. The third-order valence-corrected chi connectivity index (χ3v) is 3.89. The van der Waals surface area contributed by atoms with Crippen LogP contribution in [-0.2, 0) is 11.3 Å². The lowest BCUT2D eigenvalue weighted by Crippen LogP contribution is -2.30. The molecule has 0 spiro atoms. The number of carbonyl (C=O) groups is 2. The standard InChI is InChI=1S/C19H18N2O3/c1-13-8-9-15(11-17(13)24-2)10-16-18(22)21(19(23)20-16)12-14-6-4-3-5-7-14/h3-11H,12H2,1-2H3,(H,20,23)/b16-10+. The van der Waals surface area contributed by atoms with E-state index in [2.05, 4.69) is 5.32 Å². The van der Waals surface area contributed by atoms with Crippen LogP contribution in [0.15, 0.2) is 54.2 Å². The van der Waals surface area contributed by atoms with Gasteiger partial charge in [-0.2, -0.15) is 0 Å². The van der Waals surface area contributed by atoms with Crippen molar-refractivity contribution in [1.82, 2.24) is 10.2 Å². The van der Waals surface area contributed by atoms with Gasteiger partial charge in [0.25, 0.3) is 5.91 Å². The van der Waals surface area contributed by atoms with Crippen LogP contribution >= 0.6 is 0 Å². The van der Waals surface area contributed by atoms with Gasteiger partial charge in [0.1, 0.15) is 11.4 Å². The van der Waals surface area contributed by atoms with Gasteiger partial charge in [-0.1, -0.05) is 42.5 Å². The van der Waals surface area contributed by atoms with E-state index in [9.17, 15) is 9.59 Å². The van der Waals surface area contributed by atoms with Gasteiger partial charge in [-0.3, -0.25) is 9.69 Å². The summed E-state index contributed by atoms with van der Waals surface area (Å²) in [4.78, 5) is 25.8. The molecule has 3 rings (SSSR count). The summed E-state index contributed by atoms with van der Waals surface area (Å²) in [7, 11) is 1.60. The van der Waals surface area contributed by atoms with Gasteiger partial charge in [0.15, 0.2) is 0 Å². The molecule has 3 amide bonds. The Morgan fingerprint density at radius 1 is 1.12 bits per heavy atom. The molecule has 122 valence electrons. The first-order chi connectivity index (χ1) is 11.6. The van der Waals surface area contributed by atoms with E-state index in [-0.39, 0.29) is 18.1 Å². The maximum atomic E-state index is 12.5. The molecule has 0 atom stereocenters. The number of nitrogens with zero attached hydrogens (tertiary/aromatic N) is 1. The fourth-order valence-electron chi connectivity index (χ4n) is 2.57. The molecular formula is C19H18N2O3. The molecule has 0 bridgehead atoms. The van der Waals surface area contributed by atoms with Gasteiger partial charge in [-0.15, -0.1) is 0 Å². The number of aryl methyl sites for hydroxylation is 1. The number of nitrogens with one attached hydrogen (secondary N) is 1. The lowest BCUT2D eigenvalue weighted by molar-refractivity contribution is -0.123. The largest absolute Gasteiger partial charge is 0.496 e. The quantitative estimate of drug-likeness (QED) is 0.695. The van der Waals surface area contributed by atoms with Gasteiger partial charge < -0.3 is 10.1 Å². The fourth-order valence-corrected chi connectivity index (χ4v) is 2.57. The van der Waals surface area contributed by atoms with Gasteiger partial charge in [0.05, 0.1) is 13.7 Å². The van der Waals surface area contributed by atoms with Crippen molar-refractivity contribution in [3.8, 4) is 5.75 Å². The number of methoxy groups -OCH3 is 1. The zero-order chi connectivity index (χ0) is 17.1. The van der Waals surface area contributed by atoms with E-state index in [0.717, 1.165) is 22.4 Å². The van der Waals surface area contributed by atoms with E-state index < -0.39 is 6.03 Å². The molecule has 24 heavy (non-hydrogen) atoms. The number of amides is 3. The minimum absolute atomic E-state index is 0.250.